The van der Waals surface area contributed by atoms with Gasteiger partial charge >= 0.3 is 12.0 Å². The minimum Gasteiger partial charge on any atom is -0.454 e. The molecule has 1 aromatic carbocycles. The van der Waals surface area contributed by atoms with Crippen molar-refractivity contribution in [1.82, 2.24) is 10.2 Å². The van der Waals surface area contributed by atoms with E-state index in [2.05, 4.69) is 15.4 Å². The number of hydrogen-bond acceptors (Lipinski definition) is 5. The summed E-state index contributed by atoms with van der Waals surface area (Å²) in [6, 6.07) is 1.83. The number of hydrogen-bond donors (Lipinski definition) is 2. The Kier molecular flexibility index (Phi) is 5.53. The first kappa shape index (κ1) is 19.3. The molecular formula is C16H17F2N3O5. The molecule has 0 aliphatic carbocycles. The molecular weight excluding hydrogens is 352 g/mol. The van der Waals surface area contributed by atoms with Crippen molar-refractivity contribution < 1.29 is 32.7 Å². The maximum absolute atomic E-state index is 13.4. The molecule has 1 aromatic rings. The lowest BCUT2D eigenvalue weighted by Crippen LogP contribution is -2.43. The van der Waals surface area contributed by atoms with Gasteiger partial charge < -0.3 is 15.4 Å². The molecule has 0 bridgehead atoms. The lowest BCUT2D eigenvalue weighted by Gasteiger charge is -2.18. The second-order valence-electron chi connectivity index (χ2n) is 5.84. The second-order valence-corrected chi connectivity index (χ2v) is 5.84. The quantitative estimate of drug-likeness (QED) is 0.579. The summed E-state index contributed by atoms with van der Waals surface area (Å²) in [6.45, 7) is 1.82. The van der Waals surface area contributed by atoms with Crippen LogP contribution in [0.2, 0.25) is 0 Å². The molecule has 1 fully saturated rings. The monoisotopic (exact) mass is 369 g/mol. The van der Waals surface area contributed by atoms with Crippen LogP contribution in [0.15, 0.2) is 18.2 Å². The summed E-state index contributed by atoms with van der Waals surface area (Å²) in [6.07, 6.45) is 0.342. The van der Waals surface area contributed by atoms with Gasteiger partial charge in [0.25, 0.3) is 11.8 Å². The number of rotatable bonds is 6. The molecule has 10 heteroatoms. The fraction of sp³-hybridized carbons (Fsp3) is 0.375. The lowest BCUT2D eigenvalue weighted by atomic mass is 9.99. The smallest absolute Gasteiger partial charge is 0.326 e. The number of carbonyl (C=O) groups excluding carboxylic acids is 4. The average Bonchev–Trinajstić information content (AvgIpc) is 2.79. The van der Waals surface area contributed by atoms with Gasteiger partial charge in [-0.3, -0.25) is 19.3 Å². The van der Waals surface area contributed by atoms with Crippen LogP contribution in [-0.2, 0) is 19.1 Å². The molecule has 0 radical (unpaired) electrons. The second kappa shape index (κ2) is 7.46. The number of esters is 1. The highest BCUT2D eigenvalue weighted by Gasteiger charge is 2.47. The van der Waals surface area contributed by atoms with Crippen molar-refractivity contribution in [3.63, 3.8) is 0 Å². The summed E-state index contributed by atoms with van der Waals surface area (Å²) in [7, 11) is 0. The third kappa shape index (κ3) is 4.13. The Labute approximate surface area is 147 Å². The normalized spacial score (nSPS) is 19.3. The Bertz CT molecular complexity index is 770. The lowest BCUT2D eigenvalue weighted by molar-refractivity contribution is -0.150. The SMILES string of the molecule is CC[C@]1(C)NC(=O)N(CC(=O)OCC(=O)Nc2ccc(F)cc2F)C1=O. The average molecular weight is 369 g/mol. The Morgan fingerprint density at radius 2 is 2.00 bits per heavy atom. The topological polar surface area (TPSA) is 105 Å². The van der Waals surface area contributed by atoms with E-state index in [9.17, 15) is 28.0 Å². The van der Waals surface area contributed by atoms with Crippen LogP contribution in [0.5, 0.6) is 0 Å². The van der Waals surface area contributed by atoms with Gasteiger partial charge in [-0.25, -0.2) is 13.6 Å². The molecule has 1 aliphatic heterocycles. The molecule has 0 unspecified atom stereocenters. The van der Waals surface area contributed by atoms with Gasteiger partial charge in [0.15, 0.2) is 6.61 Å². The fourth-order valence-corrected chi connectivity index (χ4v) is 2.23. The van der Waals surface area contributed by atoms with Gasteiger partial charge in [-0.05, 0) is 25.5 Å². The van der Waals surface area contributed by atoms with E-state index in [-0.39, 0.29) is 5.69 Å². The number of imide groups is 1. The number of ether oxygens (including phenoxy) is 1. The minimum absolute atomic E-state index is 0.278. The zero-order valence-electron chi connectivity index (χ0n) is 14.1. The molecule has 26 heavy (non-hydrogen) atoms. The van der Waals surface area contributed by atoms with Gasteiger partial charge in [0.1, 0.15) is 23.7 Å². The number of carbonyl (C=O) groups is 4. The van der Waals surface area contributed by atoms with E-state index in [1.54, 1.807) is 6.92 Å². The molecule has 2 N–H and O–H groups in total. The molecule has 2 rings (SSSR count). The summed E-state index contributed by atoms with van der Waals surface area (Å²) in [5.74, 6) is -4.20. The summed E-state index contributed by atoms with van der Waals surface area (Å²) >= 11 is 0. The molecule has 140 valence electrons. The van der Waals surface area contributed by atoms with Gasteiger partial charge in [-0.2, -0.15) is 0 Å². The van der Waals surface area contributed by atoms with Crippen molar-refractivity contribution in [3.8, 4) is 0 Å². The van der Waals surface area contributed by atoms with E-state index in [0.717, 1.165) is 12.1 Å². The van der Waals surface area contributed by atoms with Crippen molar-refractivity contribution >= 4 is 29.5 Å². The van der Waals surface area contributed by atoms with Gasteiger partial charge in [0, 0.05) is 6.07 Å². The van der Waals surface area contributed by atoms with Crippen LogP contribution >= 0.6 is 0 Å². The van der Waals surface area contributed by atoms with Gasteiger partial charge in [0.2, 0.25) is 0 Å². The van der Waals surface area contributed by atoms with Crippen molar-refractivity contribution in [1.29, 1.82) is 0 Å². The van der Waals surface area contributed by atoms with E-state index in [1.165, 1.54) is 6.92 Å². The van der Waals surface area contributed by atoms with E-state index < -0.39 is 54.1 Å². The number of anilines is 1. The van der Waals surface area contributed by atoms with Crippen molar-refractivity contribution in [3.05, 3.63) is 29.8 Å². The standard InChI is InChI=1S/C16H17F2N3O5/c1-3-16(2)14(24)21(15(25)20-16)7-13(23)26-8-12(22)19-11-5-4-9(17)6-10(11)18/h4-6H,3,7-8H2,1-2H3,(H,19,22)(H,20,25)/t16-/m0/s1. The number of urea groups is 1. The summed E-state index contributed by atoms with van der Waals surface area (Å²) in [5.41, 5.74) is -1.37. The highest BCUT2D eigenvalue weighted by molar-refractivity contribution is 6.08. The molecule has 0 spiro atoms. The molecule has 1 atom stereocenters. The highest BCUT2D eigenvalue weighted by Crippen LogP contribution is 2.20. The first-order valence-electron chi connectivity index (χ1n) is 7.71. The number of nitrogens with one attached hydrogen (secondary N) is 2. The minimum atomic E-state index is -1.09. The molecule has 8 nitrogen and oxygen atoms in total. The first-order valence-corrected chi connectivity index (χ1v) is 7.71. The molecule has 0 saturated carbocycles. The van der Waals surface area contributed by atoms with Crippen LogP contribution in [0.4, 0.5) is 19.3 Å². The number of amides is 4. The van der Waals surface area contributed by atoms with Crippen LogP contribution < -0.4 is 10.6 Å². The Balaban J connectivity index is 1.86. The van der Waals surface area contributed by atoms with Crippen LogP contribution in [0.25, 0.3) is 0 Å². The number of benzene rings is 1. The van der Waals surface area contributed by atoms with Gasteiger partial charge in [0.05, 0.1) is 5.69 Å². The van der Waals surface area contributed by atoms with E-state index in [4.69, 9.17) is 0 Å². The summed E-state index contributed by atoms with van der Waals surface area (Å²) in [5, 5.41) is 4.58. The Hall–Kier alpha value is -3.04. The van der Waals surface area contributed by atoms with Crippen molar-refractivity contribution in [2.45, 2.75) is 25.8 Å². The van der Waals surface area contributed by atoms with Crippen LogP contribution in [-0.4, -0.2) is 47.4 Å². The first-order chi connectivity index (χ1) is 12.2. The third-order valence-corrected chi connectivity index (χ3v) is 3.91. The molecule has 1 heterocycles. The van der Waals surface area contributed by atoms with Crippen molar-refractivity contribution in [2.75, 3.05) is 18.5 Å². The van der Waals surface area contributed by atoms with Crippen molar-refractivity contribution in [2.24, 2.45) is 0 Å². The zero-order valence-corrected chi connectivity index (χ0v) is 14.1. The Morgan fingerprint density at radius 1 is 1.31 bits per heavy atom. The van der Waals surface area contributed by atoms with Gasteiger partial charge in [-0.1, -0.05) is 6.92 Å². The molecule has 4 amide bonds. The van der Waals surface area contributed by atoms with Crippen LogP contribution in [0, 0.1) is 11.6 Å². The molecule has 0 aromatic heterocycles. The van der Waals surface area contributed by atoms with Crippen LogP contribution in [0.3, 0.4) is 0 Å². The van der Waals surface area contributed by atoms with E-state index in [1.807, 2.05) is 0 Å². The largest absolute Gasteiger partial charge is 0.454 e. The Morgan fingerprint density at radius 3 is 2.58 bits per heavy atom. The van der Waals surface area contributed by atoms with E-state index in [0.29, 0.717) is 17.4 Å². The number of halogens is 2. The maximum Gasteiger partial charge on any atom is 0.326 e. The summed E-state index contributed by atoms with van der Waals surface area (Å²) in [4.78, 5) is 48.0. The van der Waals surface area contributed by atoms with Gasteiger partial charge in [-0.15, -0.1) is 0 Å². The van der Waals surface area contributed by atoms with E-state index >= 15 is 0 Å². The molecule has 1 aliphatic rings. The predicted octanol–water partition coefficient (Wildman–Crippen LogP) is 1.17. The highest BCUT2D eigenvalue weighted by atomic mass is 19.1. The zero-order chi connectivity index (χ0) is 19.5. The summed E-state index contributed by atoms with van der Waals surface area (Å²) < 4.78 is 30.9. The van der Waals surface area contributed by atoms with Crippen LogP contribution in [0.1, 0.15) is 20.3 Å². The number of nitrogens with zero attached hydrogens (tertiary/aromatic N) is 1. The predicted molar refractivity (Wildman–Crippen MR) is 84.9 cm³/mol. The maximum atomic E-state index is 13.4. The fourth-order valence-electron chi connectivity index (χ4n) is 2.23. The molecule has 1 saturated heterocycles. The third-order valence-electron chi connectivity index (χ3n) is 3.91.